The fourth-order valence-corrected chi connectivity index (χ4v) is 4.93. The topological polar surface area (TPSA) is 59.7 Å². The fraction of sp³-hybridized carbons (Fsp3) is 0.240. The van der Waals surface area contributed by atoms with Gasteiger partial charge >= 0.3 is 0 Å². The summed E-state index contributed by atoms with van der Waals surface area (Å²) in [6.07, 6.45) is 6.00. The number of furan rings is 1. The standard InChI is InChI=1S/C25H20N2O3/c1-27-11-17(16-10-14(13-6-7-13)8-9-19(16)27)21-22(24(28)26-25-23(21)30-25)18-12-29-20-5-3-2-4-15(18)20/h2-5,8-13,23,25H,6-7H2,1H3,(H,26,28). The molecule has 1 N–H and O–H groups in total. The van der Waals surface area contributed by atoms with Gasteiger partial charge in [0.2, 0.25) is 0 Å². The van der Waals surface area contributed by atoms with Crippen LogP contribution in [0.1, 0.15) is 35.4 Å². The molecule has 1 amide bonds. The minimum atomic E-state index is -0.240. The second-order valence-corrected chi connectivity index (χ2v) is 8.59. The highest BCUT2D eigenvalue weighted by Crippen LogP contribution is 2.47. The van der Waals surface area contributed by atoms with Gasteiger partial charge < -0.3 is 19.0 Å². The van der Waals surface area contributed by atoms with Crippen molar-refractivity contribution in [1.82, 2.24) is 9.88 Å². The Kier molecular flexibility index (Phi) is 3.10. The number of aromatic nitrogens is 1. The first kappa shape index (κ1) is 16.5. The van der Waals surface area contributed by atoms with Gasteiger partial charge in [-0.3, -0.25) is 4.79 Å². The summed E-state index contributed by atoms with van der Waals surface area (Å²) in [5.74, 6) is 0.568. The number of nitrogens with zero attached hydrogens (tertiary/aromatic N) is 1. The fourth-order valence-electron chi connectivity index (χ4n) is 4.93. The molecule has 1 aliphatic carbocycles. The van der Waals surface area contributed by atoms with E-state index in [0.29, 0.717) is 11.5 Å². The van der Waals surface area contributed by atoms with Gasteiger partial charge in [-0.15, -0.1) is 0 Å². The first-order chi connectivity index (χ1) is 14.7. The van der Waals surface area contributed by atoms with Crippen molar-refractivity contribution in [2.24, 2.45) is 7.05 Å². The third-order valence-electron chi connectivity index (χ3n) is 6.65. The smallest absolute Gasteiger partial charge is 0.254 e. The molecule has 4 heterocycles. The van der Waals surface area contributed by atoms with E-state index in [4.69, 9.17) is 9.15 Å². The monoisotopic (exact) mass is 396 g/mol. The van der Waals surface area contributed by atoms with Gasteiger partial charge in [0.05, 0.1) is 11.8 Å². The number of hydrogen-bond acceptors (Lipinski definition) is 3. The highest BCUT2D eigenvalue weighted by molar-refractivity contribution is 6.32. The summed E-state index contributed by atoms with van der Waals surface area (Å²) in [7, 11) is 2.06. The molecule has 2 unspecified atom stereocenters. The maximum atomic E-state index is 13.2. The molecule has 4 aromatic rings. The molecular weight excluding hydrogens is 376 g/mol. The number of rotatable bonds is 3. The van der Waals surface area contributed by atoms with Gasteiger partial charge in [0.1, 0.15) is 11.7 Å². The van der Waals surface area contributed by atoms with E-state index in [2.05, 4.69) is 41.3 Å². The van der Waals surface area contributed by atoms with Crippen LogP contribution in [-0.2, 0) is 16.6 Å². The molecule has 7 rings (SSSR count). The quantitative estimate of drug-likeness (QED) is 0.516. The van der Waals surface area contributed by atoms with Crippen LogP contribution in [0.4, 0.5) is 0 Å². The predicted octanol–water partition coefficient (Wildman–Crippen LogP) is 4.57. The molecule has 30 heavy (non-hydrogen) atoms. The number of para-hydroxylation sites is 1. The van der Waals surface area contributed by atoms with Gasteiger partial charge in [0.25, 0.3) is 5.91 Å². The first-order valence-corrected chi connectivity index (χ1v) is 10.5. The Labute approximate surface area is 172 Å². The summed E-state index contributed by atoms with van der Waals surface area (Å²) in [5.41, 5.74) is 6.86. The van der Waals surface area contributed by atoms with Crippen molar-refractivity contribution >= 4 is 38.9 Å². The Morgan fingerprint density at radius 2 is 1.93 bits per heavy atom. The van der Waals surface area contributed by atoms with E-state index in [0.717, 1.165) is 27.7 Å². The summed E-state index contributed by atoms with van der Waals surface area (Å²) >= 11 is 0. The van der Waals surface area contributed by atoms with Crippen molar-refractivity contribution in [1.29, 1.82) is 0 Å². The summed E-state index contributed by atoms with van der Waals surface area (Å²) in [6.45, 7) is 0. The number of carbonyl (C=O) groups is 1. The number of aryl methyl sites for hydroxylation is 1. The maximum Gasteiger partial charge on any atom is 0.254 e. The third-order valence-corrected chi connectivity index (χ3v) is 6.65. The molecule has 2 aromatic carbocycles. The lowest BCUT2D eigenvalue weighted by Crippen LogP contribution is -2.33. The molecule has 1 saturated heterocycles. The number of fused-ring (bicyclic) bond motifs is 3. The van der Waals surface area contributed by atoms with E-state index in [9.17, 15) is 4.79 Å². The zero-order chi connectivity index (χ0) is 20.0. The van der Waals surface area contributed by atoms with Gasteiger partial charge in [-0.25, -0.2) is 0 Å². The summed E-state index contributed by atoms with van der Waals surface area (Å²) in [5, 5.41) is 5.11. The normalized spacial score (nSPS) is 23.2. The lowest BCUT2D eigenvalue weighted by molar-refractivity contribution is -0.116. The Balaban J connectivity index is 1.53. The van der Waals surface area contributed by atoms with Crippen LogP contribution in [0.2, 0.25) is 0 Å². The van der Waals surface area contributed by atoms with E-state index < -0.39 is 0 Å². The molecule has 2 fully saturated rings. The average Bonchev–Trinajstić information content (AvgIpc) is 3.67. The van der Waals surface area contributed by atoms with Crippen LogP contribution >= 0.6 is 0 Å². The van der Waals surface area contributed by atoms with Crippen LogP contribution in [0.3, 0.4) is 0 Å². The van der Waals surface area contributed by atoms with Crippen molar-refractivity contribution < 1.29 is 13.9 Å². The van der Waals surface area contributed by atoms with Crippen LogP contribution in [0.25, 0.3) is 33.0 Å². The van der Waals surface area contributed by atoms with E-state index >= 15 is 0 Å². The van der Waals surface area contributed by atoms with Crippen LogP contribution in [0.5, 0.6) is 0 Å². The van der Waals surface area contributed by atoms with Gasteiger partial charge in [-0.2, -0.15) is 0 Å². The van der Waals surface area contributed by atoms with Crippen molar-refractivity contribution in [2.45, 2.75) is 31.1 Å². The van der Waals surface area contributed by atoms with Gasteiger partial charge in [-0.1, -0.05) is 24.3 Å². The molecule has 0 bridgehead atoms. The Hall–Kier alpha value is -3.31. The average molecular weight is 396 g/mol. The van der Waals surface area contributed by atoms with E-state index in [-0.39, 0.29) is 18.2 Å². The number of ether oxygens (including phenoxy) is 1. The van der Waals surface area contributed by atoms with Gasteiger partial charge in [0, 0.05) is 46.2 Å². The second kappa shape index (κ2) is 5.64. The number of carbonyl (C=O) groups excluding carboxylic acids is 1. The minimum Gasteiger partial charge on any atom is -0.464 e. The molecule has 0 radical (unpaired) electrons. The maximum absolute atomic E-state index is 13.2. The van der Waals surface area contributed by atoms with Crippen LogP contribution < -0.4 is 5.32 Å². The number of amides is 1. The van der Waals surface area contributed by atoms with Crippen molar-refractivity contribution in [3.63, 3.8) is 0 Å². The van der Waals surface area contributed by atoms with Crippen LogP contribution in [0.15, 0.2) is 59.3 Å². The van der Waals surface area contributed by atoms with E-state index in [1.807, 2.05) is 24.3 Å². The van der Waals surface area contributed by atoms with E-state index in [1.54, 1.807) is 6.26 Å². The molecular formula is C25H20N2O3. The molecule has 2 aliphatic heterocycles. The zero-order valence-electron chi connectivity index (χ0n) is 16.5. The van der Waals surface area contributed by atoms with Crippen LogP contribution in [-0.4, -0.2) is 22.8 Å². The van der Waals surface area contributed by atoms with Crippen molar-refractivity contribution in [3.8, 4) is 0 Å². The molecule has 2 atom stereocenters. The molecule has 3 aliphatic rings. The number of hydrogen-bond donors (Lipinski definition) is 1. The summed E-state index contributed by atoms with van der Waals surface area (Å²) in [4.78, 5) is 13.2. The number of benzene rings is 2. The zero-order valence-corrected chi connectivity index (χ0v) is 16.5. The largest absolute Gasteiger partial charge is 0.464 e. The lowest BCUT2D eigenvalue weighted by Gasteiger charge is -2.17. The first-order valence-electron chi connectivity index (χ1n) is 10.5. The van der Waals surface area contributed by atoms with Gasteiger partial charge in [-0.05, 0) is 42.5 Å². The molecule has 5 heteroatoms. The molecule has 148 valence electrons. The van der Waals surface area contributed by atoms with E-state index in [1.165, 1.54) is 29.3 Å². The second-order valence-electron chi connectivity index (χ2n) is 8.59. The Bertz CT molecular complexity index is 1400. The Morgan fingerprint density at radius 1 is 1.07 bits per heavy atom. The highest BCUT2D eigenvalue weighted by atomic mass is 16.6. The molecule has 0 spiro atoms. The number of nitrogens with one attached hydrogen (secondary N) is 1. The SMILES string of the molecule is Cn1cc(C2=C(c3coc4ccccc34)C(=O)NC3OC23)c2cc(C3CC3)ccc21. The molecule has 1 saturated carbocycles. The van der Waals surface area contributed by atoms with Crippen molar-refractivity contribution in [3.05, 3.63) is 71.6 Å². The lowest BCUT2D eigenvalue weighted by atomic mass is 9.88. The van der Waals surface area contributed by atoms with Gasteiger partial charge in [0.15, 0.2) is 6.23 Å². The summed E-state index contributed by atoms with van der Waals surface area (Å²) in [6, 6.07) is 14.6. The van der Waals surface area contributed by atoms with Crippen LogP contribution in [0, 0.1) is 0 Å². The Morgan fingerprint density at radius 3 is 2.80 bits per heavy atom. The highest BCUT2D eigenvalue weighted by Gasteiger charge is 2.50. The third kappa shape index (κ3) is 2.24. The number of epoxide rings is 1. The van der Waals surface area contributed by atoms with Crippen molar-refractivity contribution in [2.75, 3.05) is 0 Å². The summed E-state index contributed by atoms with van der Waals surface area (Å²) < 4.78 is 13.8. The molecule has 2 aromatic heterocycles. The predicted molar refractivity (Wildman–Crippen MR) is 115 cm³/mol. The molecule has 5 nitrogen and oxygen atoms in total. The minimum absolute atomic E-state index is 0.106.